The fourth-order valence-electron chi connectivity index (χ4n) is 2.93. The van der Waals surface area contributed by atoms with Crippen LogP contribution in [0, 0.1) is 6.92 Å². The molecular weight excluding hydrogens is 272 g/mol. The molecule has 3 nitrogen and oxygen atoms in total. The molecule has 3 heteroatoms. The average Bonchev–Trinajstić information content (AvgIpc) is 2.55. The Balaban J connectivity index is 1.51. The van der Waals surface area contributed by atoms with E-state index in [0.29, 0.717) is 6.42 Å². The van der Waals surface area contributed by atoms with Crippen LogP contribution in [-0.2, 0) is 17.8 Å². The lowest BCUT2D eigenvalue weighted by Gasteiger charge is -2.28. The number of aryl methyl sites for hydroxylation is 1. The van der Waals surface area contributed by atoms with Crippen molar-refractivity contribution in [2.24, 2.45) is 0 Å². The molecule has 1 aliphatic rings. The fourth-order valence-corrected chi connectivity index (χ4v) is 2.93. The van der Waals surface area contributed by atoms with Crippen LogP contribution in [0.1, 0.15) is 23.1 Å². The van der Waals surface area contributed by atoms with Gasteiger partial charge in [0, 0.05) is 31.7 Å². The van der Waals surface area contributed by atoms with E-state index in [2.05, 4.69) is 34.5 Å². The lowest BCUT2D eigenvalue weighted by atomic mass is 10.00. The molecule has 22 heavy (non-hydrogen) atoms. The van der Waals surface area contributed by atoms with Gasteiger partial charge < -0.3 is 5.32 Å². The van der Waals surface area contributed by atoms with Crippen molar-refractivity contribution in [3.8, 4) is 0 Å². The third kappa shape index (κ3) is 3.55. The molecule has 0 unspecified atom stereocenters. The monoisotopic (exact) mass is 294 g/mol. The number of para-hydroxylation sites is 1. The van der Waals surface area contributed by atoms with E-state index in [-0.39, 0.29) is 5.91 Å². The van der Waals surface area contributed by atoms with Gasteiger partial charge >= 0.3 is 0 Å². The van der Waals surface area contributed by atoms with Gasteiger partial charge in [0.25, 0.3) is 0 Å². The molecule has 0 aliphatic carbocycles. The first-order valence-corrected chi connectivity index (χ1v) is 7.87. The second kappa shape index (κ2) is 6.75. The van der Waals surface area contributed by atoms with Crippen LogP contribution in [-0.4, -0.2) is 23.9 Å². The summed E-state index contributed by atoms with van der Waals surface area (Å²) in [5.41, 5.74) is 4.86. The first kappa shape index (κ1) is 14.8. The minimum atomic E-state index is 0.0909. The highest BCUT2D eigenvalue weighted by Crippen LogP contribution is 2.19. The summed E-state index contributed by atoms with van der Waals surface area (Å²) in [5.74, 6) is 0.0909. The number of nitrogens with zero attached hydrogens (tertiary/aromatic N) is 1. The van der Waals surface area contributed by atoms with Crippen molar-refractivity contribution in [3.63, 3.8) is 0 Å². The maximum absolute atomic E-state index is 12.1. The van der Waals surface area contributed by atoms with Crippen LogP contribution in [0.3, 0.4) is 0 Å². The van der Waals surface area contributed by atoms with Crippen molar-refractivity contribution in [3.05, 3.63) is 65.2 Å². The molecule has 1 amide bonds. The summed E-state index contributed by atoms with van der Waals surface area (Å²) >= 11 is 0. The molecule has 0 saturated carbocycles. The largest absolute Gasteiger partial charge is 0.326 e. The molecule has 0 bridgehead atoms. The van der Waals surface area contributed by atoms with Crippen molar-refractivity contribution in [2.45, 2.75) is 26.3 Å². The highest BCUT2D eigenvalue weighted by atomic mass is 16.1. The van der Waals surface area contributed by atoms with E-state index in [1.165, 1.54) is 11.1 Å². The smallest absolute Gasteiger partial charge is 0.225 e. The number of rotatable bonds is 4. The number of benzene rings is 2. The Bertz CT molecular complexity index is 666. The molecule has 1 aliphatic heterocycles. The third-order valence-electron chi connectivity index (χ3n) is 4.28. The van der Waals surface area contributed by atoms with E-state index in [4.69, 9.17) is 0 Å². The number of nitrogens with one attached hydrogen (secondary N) is 1. The first-order chi connectivity index (χ1) is 10.7. The minimum absolute atomic E-state index is 0.0909. The molecule has 3 rings (SSSR count). The number of hydrogen-bond acceptors (Lipinski definition) is 2. The standard InChI is InChI=1S/C19H22N2O/c1-15-6-2-5-9-18(15)20-19(22)11-13-21-12-10-16-7-3-4-8-17(16)14-21/h2-9H,10-14H2,1H3,(H,20,22). The number of carbonyl (C=O) groups is 1. The number of hydrogen-bond donors (Lipinski definition) is 1. The van der Waals surface area contributed by atoms with Crippen LogP contribution in [0.2, 0.25) is 0 Å². The summed E-state index contributed by atoms with van der Waals surface area (Å²) < 4.78 is 0. The predicted octanol–water partition coefficient (Wildman–Crippen LogP) is 3.38. The van der Waals surface area contributed by atoms with E-state index in [1.54, 1.807) is 0 Å². The average molecular weight is 294 g/mol. The lowest BCUT2D eigenvalue weighted by Crippen LogP contribution is -2.33. The van der Waals surface area contributed by atoms with Gasteiger partial charge in [0.05, 0.1) is 0 Å². The topological polar surface area (TPSA) is 32.3 Å². The number of amides is 1. The molecule has 0 aromatic heterocycles. The summed E-state index contributed by atoms with van der Waals surface area (Å²) in [6.07, 6.45) is 1.62. The summed E-state index contributed by atoms with van der Waals surface area (Å²) in [7, 11) is 0. The second-order valence-corrected chi connectivity index (χ2v) is 5.91. The highest BCUT2D eigenvalue weighted by Gasteiger charge is 2.16. The van der Waals surface area contributed by atoms with Crippen LogP contribution in [0.4, 0.5) is 5.69 Å². The fraction of sp³-hybridized carbons (Fsp3) is 0.316. The number of anilines is 1. The van der Waals surface area contributed by atoms with E-state index in [9.17, 15) is 4.79 Å². The maximum Gasteiger partial charge on any atom is 0.225 e. The zero-order chi connectivity index (χ0) is 15.4. The third-order valence-corrected chi connectivity index (χ3v) is 4.28. The molecule has 1 N–H and O–H groups in total. The Hall–Kier alpha value is -2.13. The van der Waals surface area contributed by atoms with Gasteiger partial charge in [-0.05, 0) is 36.1 Å². The summed E-state index contributed by atoms with van der Waals surface area (Å²) in [5, 5.41) is 3.00. The van der Waals surface area contributed by atoms with Crippen molar-refractivity contribution in [2.75, 3.05) is 18.4 Å². The van der Waals surface area contributed by atoms with Gasteiger partial charge in [-0.1, -0.05) is 42.5 Å². The van der Waals surface area contributed by atoms with Crippen LogP contribution >= 0.6 is 0 Å². The van der Waals surface area contributed by atoms with Gasteiger partial charge in [-0.2, -0.15) is 0 Å². The van der Waals surface area contributed by atoms with E-state index in [1.807, 2.05) is 31.2 Å². The van der Waals surface area contributed by atoms with Crippen molar-refractivity contribution in [1.82, 2.24) is 4.90 Å². The Kier molecular flexibility index (Phi) is 4.54. The molecule has 2 aromatic rings. The lowest BCUT2D eigenvalue weighted by molar-refractivity contribution is -0.116. The highest BCUT2D eigenvalue weighted by molar-refractivity contribution is 5.91. The molecule has 1 heterocycles. The Morgan fingerprint density at radius 1 is 1.09 bits per heavy atom. The van der Waals surface area contributed by atoms with E-state index in [0.717, 1.165) is 37.3 Å². The van der Waals surface area contributed by atoms with Gasteiger partial charge in [0.15, 0.2) is 0 Å². The SMILES string of the molecule is Cc1ccccc1NC(=O)CCN1CCc2ccccc2C1. The molecule has 0 atom stereocenters. The number of fused-ring (bicyclic) bond motifs is 1. The molecule has 114 valence electrons. The van der Waals surface area contributed by atoms with Crippen LogP contribution in [0.25, 0.3) is 0 Å². The quantitative estimate of drug-likeness (QED) is 0.937. The van der Waals surface area contributed by atoms with E-state index >= 15 is 0 Å². The van der Waals surface area contributed by atoms with Crippen molar-refractivity contribution in [1.29, 1.82) is 0 Å². The normalized spacial score (nSPS) is 14.4. The molecular formula is C19H22N2O. The minimum Gasteiger partial charge on any atom is -0.326 e. The first-order valence-electron chi connectivity index (χ1n) is 7.87. The van der Waals surface area contributed by atoms with Crippen LogP contribution in [0.5, 0.6) is 0 Å². The molecule has 0 saturated heterocycles. The van der Waals surface area contributed by atoms with Gasteiger partial charge in [-0.3, -0.25) is 9.69 Å². The Morgan fingerprint density at radius 3 is 2.64 bits per heavy atom. The van der Waals surface area contributed by atoms with Gasteiger partial charge in [0.2, 0.25) is 5.91 Å². The molecule has 0 spiro atoms. The molecule has 0 radical (unpaired) electrons. The zero-order valence-corrected chi connectivity index (χ0v) is 13.0. The van der Waals surface area contributed by atoms with E-state index < -0.39 is 0 Å². The van der Waals surface area contributed by atoms with Gasteiger partial charge in [-0.15, -0.1) is 0 Å². The summed E-state index contributed by atoms with van der Waals surface area (Å²) in [4.78, 5) is 14.5. The van der Waals surface area contributed by atoms with Gasteiger partial charge in [0.1, 0.15) is 0 Å². The van der Waals surface area contributed by atoms with Crippen LogP contribution in [0.15, 0.2) is 48.5 Å². The zero-order valence-electron chi connectivity index (χ0n) is 13.0. The van der Waals surface area contributed by atoms with Crippen molar-refractivity contribution >= 4 is 11.6 Å². The summed E-state index contributed by atoms with van der Waals surface area (Å²) in [6.45, 7) is 4.81. The molecule has 0 fully saturated rings. The van der Waals surface area contributed by atoms with Crippen LogP contribution < -0.4 is 5.32 Å². The van der Waals surface area contributed by atoms with Gasteiger partial charge in [-0.25, -0.2) is 0 Å². The molecule has 2 aromatic carbocycles. The number of carbonyl (C=O) groups excluding carboxylic acids is 1. The Morgan fingerprint density at radius 2 is 1.82 bits per heavy atom. The maximum atomic E-state index is 12.1. The second-order valence-electron chi connectivity index (χ2n) is 5.91. The predicted molar refractivity (Wildman–Crippen MR) is 89.8 cm³/mol. The summed E-state index contributed by atoms with van der Waals surface area (Å²) in [6, 6.07) is 16.5. The Labute approximate surface area is 132 Å². The van der Waals surface area contributed by atoms with Crippen molar-refractivity contribution < 1.29 is 4.79 Å².